The predicted octanol–water partition coefficient (Wildman–Crippen LogP) is 2.97. The van der Waals surface area contributed by atoms with Gasteiger partial charge in [-0.15, -0.1) is 0 Å². The van der Waals surface area contributed by atoms with Crippen LogP contribution in [0.2, 0.25) is 0 Å². The van der Waals surface area contributed by atoms with E-state index >= 15 is 0 Å². The molecule has 174 valence electrons. The second-order valence-corrected chi connectivity index (χ2v) is 10.4. The molecule has 0 bridgehead atoms. The third-order valence-corrected chi connectivity index (χ3v) is 7.87. The van der Waals surface area contributed by atoms with Gasteiger partial charge in [-0.3, -0.25) is 4.79 Å². The van der Waals surface area contributed by atoms with Crippen molar-refractivity contribution in [1.29, 1.82) is 0 Å². The van der Waals surface area contributed by atoms with Gasteiger partial charge in [0.2, 0.25) is 16.8 Å². The van der Waals surface area contributed by atoms with Crippen molar-refractivity contribution in [3.63, 3.8) is 0 Å². The number of nitrogens with zero attached hydrogens (tertiary/aromatic N) is 1. The molecular formula is C22H28N2O6S2. The zero-order chi connectivity index (χ0) is 23.1. The minimum absolute atomic E-state index is 0.152. The van der Waals surface area contributed by atoms with Gasteiger partial charge in [-0.1, -0.05) is 29.8 Å². The van der Waals surface area contributed by atoms with Crippen molar-refractivity contribution in [3.05, 3.63) is 53.3 Å². The van der Waals surface area contributed by atoms with Crippen molar-refractivity contribution in [2.45, 2.75) is 43.6 Å². The van der Waals surface area contributed by atoms with Crippen molar-refractivity contribution in [2.24, 2.45) is 0 Å². The average molecular weight is 481 g/mol. The van der Waals surface area contributed by atoms with Gasteiger partial charge in [-0.25, -0.2) is 13.2 Å². The summed E-state index contributed by atoms with van der Waals surface area (Å²) < 4.78 is 37.2. The Kier molecular flexibility index (Phi) is 8.38. The van der Waals surface area contributed by atoms with E-state index < -0.39 is 22.0 Å². The Balaban J connectivity index is 1.53. The first kappa shape index (κ1) is 24.3. The number of benzene rings is 1. The van der Waals surface area contributed by atoms with Gasteiger partial charge in [0.1, 0.15) is 6.04 Å². The van der Waals surface area contributed by atoms with Crippen LogP contribution >= 0.6 is 11.8 Å². The molecular weight excluding hydrogens is 452 g/mol. The van der Waals surface area contributed by atoms with Crippen LogP contribution in [-0.4, -0.2) is 56.1 Å². The molecule has 1 atom stereocenters. The molecule has 8 nitrogen and oxygen atoms in total. The van der Waals surface area contributed by atoms with E-state index in [1.165, 1.54) is 23.3 Å². The fourth-order valence-electron chi connectivity index (χ4n) is 3.41. The number of thioether (sulfide) groups is 1. The molecule has 10 heteroatoms. The summed E-state index contributed by atoms with van der Waals surface area (Å²) in [6.07, 6.45) is 1.01. The second kappa shape index (κ2) is 11.0. The van der Waals surface area contributed by atoms with Gasteiger partial charge in [-0.2, -0.15) is 16.1 Å². The Labute approximate surface area is 192 Å². The Morgan fingerprint density at radius 3 is 2.69 bits per heavy atom. The number of aryl methyl sites for hydroxylation is 1. The summed E-state index contributed by atoms with van der Waals surface area (Å²) in [5.41, 5.74) is 2.44. The normalized spacial score (nSPS) is 16.8. The third kappa shape index (κ3) is 5.93. The van der Waals surface area contributed by atoms with E-state index in [4.69, 9.17) is 9.15 Å². The molecule has 1 saturated heterocycles. The summed E-state index contributed by atoms with van der Waals surface area (Å²) in [6, 6.07) is 10.0. The van der Waals surface area contributed by atoms with Crippen molar-refractivity contribution in [1.82, 2.24) is 9.62 Å². The lowest BCUT2D eigenvalue weighted by Crippen LogP contribution is -2.46. The van der Waals surface area contributed by atoms with Gasteiger partial charge in [0.25, 0.3) is 10.0 Å². The molecule has 1 N–H and O–H groups in total. The van der Waals surface area contributed by atoms with Crippen LogP contribution in [-0.2, 0) is 25.3 Å². The number of carbonyl (C=O) groups is 2. The molecule has 0 saturated carbocycles. The minimum atomic E-state index is -4.04. The molecule has 1 unspecified atom stereocenters. The molecule has 0 spiro atoms. The van der Waals surface area contributed by atoms with E-state index in [1.807, 2.05) is 6.92 Å². The van der Waals surface area contributed by atoms with Gasteiger partial charge >= 0.3 is 5.97 Å². The number of carbonyl (C=O) groups excluding carboxylic acids is 2. The molecule has 2 aromatic rings. The Bertz CT molecular complexity index is 1030. The van der Waals surface area contributed by atoms with Crippen molar-refractivity contribution in [2.75, 3.05) is 25.4 Å². The topological polar surface area (TPSA) is 106 Å². The Morgan fingerprint density at radius 1 is 1.22 bits per heavy atom. The molecule has 1 aliphatic heterocycles. The van der Waals surface area contributed by atoms with Crippen LogP contribution in [0, 0.1) is 6.92 Å². The molecule has 0 radical (unpaired) electrons. The average Bonchev–Trinajstić information content (AvgIpc) is 3.46. The lowest BCUT2D eigenvalue weighted by molar-refractivity contribution is -0.124. The number of esters is 1. The highest BCUT2D eigenvalue weighted by Gasteiger charge is 2.41. The van der Waals surface area contributed by atoms with E-state index in [0.717, 1.165) is 15.8 Å². The highest BCUT2D eigenvalue weighted by Crippen LogP contribution is 2.27. The SMILES string of the molecule is CCOC(=O)c1ccc(S(=O)(=O)N2CCCC2C(=O)NCCSCc2ccc(C)cc2)o1. The molecule has 32 heavy (non-hydrogen) atoms. The fourth-order valence-corrected chi connectivity index (χ4v) is 5.81. The number of amides is 1. The van der Waals surface area contributed by atoms with Gasteiger partial charge in [0, 0.05) is 24.6 Å². The van der Waals surface area contributed by atoms with Crippen LogP contribution in [0.25, 0.3) is 0 Å². The zero-order valence-corrected chi connectivity index (χ0v) is 19.8. The van der Waals surface area contributed by atoms with Gasteiger partial charge in [0.05, 0.1) is 6.61 Å². The van der Waals surface area contributed by atoms with E-state index in [-0.39, 0.29) is 29.9 Å². The number of sulfonamides is 1. The summed E-state index contributed by atoms with van der Waals surface area (Å²) in [5, 5.41) is 2.48. The summed E-state index contributed by atoms with van der Waals surface area (Å²) in [7, 11) is -4.04. The van der Waals surface area contributed by atoms with Crippen LogP contribution in [0.1, 0.15) is 41.4 Å². The number of nitrogens with one attached hydrogen (secondary N) is 1. The molecule has 2 heterocycles. The number of furan rings is 1. The summed E-state index contributed by atoms with van der Waals surface area (Å²) in [5.74, 6) is 0.338. The van der Waals surface area contributed by atoms with Crippen molar-refractivity contribution < 1.29 is 27.2 Å². The number of hydrogen-bond donors (Lipinski definition) is 1. The first-order valence-electron chi connectivity index (χ1n) is 10.5. The van der Waals surface area contributed by atoms with Crippen molar-refractivity contribution >= 4 is 33.7 Å². The maximum absolute atomic E-state index is 13.0. The second-order valence-electron chi connectivity index (χ2n) is 7.44. The lowest BCUT2D eigenvalue weighted by atomic mass is 10.2. The molecule has 1 aromatic heterocycles. The van der Waals surface area contributed by atoms with Gasteiger partial charge in [-0.05, 0) is 44.4 Å². The third-order valence-electron chi connectivity index (χ3n) is 5.06. The maximum Gasteiger partial charge on any atom is 0.374 e. The van der Waals surface area contributed by atoms with E-state index in [1.54, 1.807) is 18.7 Å². The number of rotatable bonds is 10. The largest absolute Gasteiger partial charge is 0.460 e. The first-order valence-corrected chi connectivity index (χ1v) is 13.1. The maximum atomic E-state index is 13.0. The molecule has 0 aliphatic carbocycles. The summed E-state index contributed by atoms with van der Waals surface area (Å²) in [4.78, 5) is 24.4. The molecule has 1 fully saturated rings. The highest BCUT2D eigenvalue weighted by molar-refractivity contribution is 7.98. The van der Waals surface area contributed by atoms with Gasteiger partial charge in [0.15, 0.2) is 0 Å². The van der Waals surface area contributed by atoms with Crippen LogP contribution in [0.3, 0.4) is 0 Å². The smallest absolute Gasteiger partial charge is 0.374 e. The van der Waals surface area contributed by atoms with E-state index in [9.17, 15) is 18.0 Å². The van der Waals surface area contributed by atoms with Gasteiger partial charge < -0.3 is 14.5 Å². The van der Waals surface area contributed by atoms with Crippen molar-refractivity contribution in [3.8, 4) is 0 Å². The fraction of sp³-hybridized carbons (Fsp3) is 0.455. The Hall–Kier alpha value is -2.30. The van der Waals surface area contributed by atoms with Crippen LogP contribution in [0.4, 0.5) is 0 Å². The minimum Gasteiger partial charge on any atom is -0.460 e. The monoisotopic (exact) mass is 480 g/mol. The number of ether oxygens (including phenoxy) is 1. The highest BCUT2D eigenvalue weighted by atomic mass is 32.2. The molecule has 1 amide bonds. The zero-order valence-electron chi connectivity index (χ0n) is 18.2. The van der Waals surface area contributed by atoms with Crippen LogP contribution in [0.5, 0.6) is 0 Å². The lowest BCUT2D eigenvalue weighted by Gasteiger charge is -2.22. The molecule has 1 aliphatic rings. The van der Waals surface area contributed by atoms with E-state index in [2.05, 4.69) is 29.6 Å². The number of hydrogen-bond acceptors (Lipinski definition) is 7. The Morgan fingerprint density at radius 2 is 1.97 bits per heavy atom. The molecule has 3 rings (SSSR count). The summed E-state index contributed by atoms with van der Waals surface area (Å²) in [6.45, 7) is 4.52. The van der Waals surface area contributed by atoms with E-state index in [0.29, 0.717) is 19.4 Å². The molecule has 1 aromatic carbocycles. The standard InChI is InChI=1S/C22H28N2O6S2/c1-3-29-22(26)19-10-11-20(30-19)32(27,28)24-13-4-5-18(24)21(25)23-12-14-31-15-17-8-6-16(2)7-9-17/h6-11,18H,3-5,12-15H2,1-2H3,(H,23,25). The quantitative estimate of drug-likeness (QED) is 0.412. The van der Waals surface area contributed by atoms with Crippen LogP contribution < -0.4 is 5.32 Å². The first-order chi connectivity index (χ1) is 15.3. The predicted molar refractivity (Wildman–Crippen MR) is 122 cm³/mol. The van der Waals surface area contributed by atoms with Crippen LogP contribution in [0.15, 0.2) is 45.9 Å². The summed E-state index contributed by atoms with van der Waals surface area (Å²) >= 11 is 1.70.